The molecule has 3 rings (SSSR count). The first-order valence-corrected chi connectivity index (χ1v) is 8.27. The smallest absolute Gasteiger partial charge is 0.346 e. The minimum absolute atomic E-state index is 0.411. The summed E-state index contributed by atoms with van der Waals surface area (Å²) in [5.41, 5.74) is 1.78. The van der Waals surface area contributed by atoms with Gasteiger partial charge in [0.1, 0.15) is 5.75 Å². The van der Waals surface area contributed by atoms with Crippen LogP contribution in [0.4, 0.5) is 0 Å². The lowest BCUT2D eigenvalue weighted by Crippen LogP contribution is -2.24. The summed E-state index contributed by atoms with van der Waals surface area (Å²) in [5.74, 6) is 0.825. The van der Waals surface area contributed by atoms with Gasteiger partial charge in [-0.05, 0) is 48.7 Å². The molecule has 6 heteroatoms. The number of ether oxygens (including phenoxy) is 2. The second-order valence-corrected chi connectivity index (χ2v) is 6.00. The summed E-state index contributed by atoms with van der Waals surface area (Å²) in [7, 11) is 1.34. The molecule has 1 atom stereocenters. The fourth-order valence-corrected chi connectivity index (χ4v) is 2.86. The predicted molar refractivity (Wildman–Crippen MR) is 92.9 cm³/mol. The SMILES string of the molecule is COC(=O)[C@H](C)Oc1ccc(-c2nccc(-c3cccs3)n2)cc1. The monoisotopic (exact) mass is 340 g/mol. The normalized spacial score (nSPS) is 11.8. The van der Waals surface area contributed by atoms with Crippen molar-refractivity contribution >= 4 is 17.3 Å². The Labute approximate surface area is 143 Å². The number of hydrogen-bond donors (Lipinski definition) is 0. The summed E-state index contributed by atoms with van der Waals surface area (Å²) in [6, 6.07) is 13.2. The zero-order valence-electron chi connectivity index (χ0n) is 13.3. The predicted octanol–water partition coefficient (Wildman–Crippen LogP) is 3.81. The van der Waals surface area contributed by atoms with E-state index in [2.05, 4.69) is 14.7 Å². The standard InChI is InChI=1S/C18H16N2O3S/c1-12(18(21)22-2)23-14-7-5-13(6-8-14)17-19-10-9-15(20-17)16-4-3-11-24-16/h3-12H,1-2H3/t12-/m0/s1. The third-order valence-corrected chi connectivity index (χ3v) is 4.28. The molecule has 0 amide bonds. The van der Waals surface area contributed by atoms with Crippen molar-refractivity contribution in [1.82, 2.24) is 9.97 Å². The number of nitrogens with zero attached hydrogens (tertiary/aromatic N) is 2. The topological polar surface area (TPSA) is 61.3 Å². The van der Waals surface area contributed by atoms with Gasteiger partial charge in [0.05, 0.1) is 17.7 Å². The van der Waals surface area contributed by atoms with Crippen LogP contribution in [0.3, 0.4) is 0 Å². The molecular weight excluding hydrogens is 324 g/mol. The number of thiophene rings is 1. The van der Waals surface area contributed by atoms with Gasteiger partial charge in [-0.3, -0.25) is 0 Å². The highest BCUT2D eigenvalue weighted by atomic mass is 32.1. The van der Waals surface area contributed by atoms with Gasteiger partial charge in [0.25, 0.3) is 0 Å². The first-order valence-electron chi connectivity index (χ1n) is 7.39. The van der Waals surface area contributed by atoms with E-state index in [0.717, 1.165) is 16.1 Å². The average molecular weight is 340 g/mol. The fraction of sp³-hybridized carbons (Fsp3) is 0.167. The third kappa shape index (κ3) is 3.60. The first-order chi connectivity index (χ1) is 11.7. The van der Waals surface area contributed by atoms with E-state index in [1.54, 1.807) is 36.6 Å². The van der Waals surface area contributed by atoms with Crippen molar-refractivity contribution in [1.29, 1.82) is 0 Å². The highest BCUT2D eigenvalue weighted by Crippen LogP contribution is 2.25. The van der Waals surface area contributed by atoms with Crippen LogP contribution in [-0.4, -0.2) is 29.2 Å². The van der Waals surface area contributed by atoms with E-state index in [4.69, 9.17) is 4.74 Å². The molecule has 0 saturated carbocycles. The molecule has 0 aliphatic carbocycles. The summed E-state index contributed by atoms with van der Waals surface area (Å²) in [6.45, 7) is 1.65. The van der Waals surface area contributed by atoms with Crippen LogP contribution in [0.1, 0.15) is 6.92 Å². The Kier molecular flexibility index (Phi) is 4.86. The molecule has 1 aromatic carbocycles. The van der Waals surface area contributed by atoms with Gasteiger partial charge in [0.2, 0.25) is 0 Å². The van der Waals surface area contributed by atoms with Crippen LogP contribution >= 0.6 is 11.3 Å². The molecule has 0 spiro atoms. The second-order valence-electron chi connectivity index (χ2n) is 5.05. The van der Waals surface area contributed by atoms with Crippen LogP contribution < -0.4 is 4.74 Å². The zero-order valence-corrected chi connectivity index (χ0v) is 14.1. The number of benzene rings is 1. The Balaban J connectivity index is 1.79. The molecule has 2 aromatic heterocycles. The number of esters is 1. The van der Waals surface area contributed by atoms with Crippen LogP contribution in [0.2, 0.25) is 0 Å². The van der Waals surface area contributed by atoms with Crippen LogP contribution in [0, 0.1) is 0 Å². The van der Waals surface area contributed by atoms with Crippen LogP contribution in [0.5, 0.6) is 5.75 Å². The minimum atomic E-state index is -0.653. The largest absolute Gasteiger partial charge is 0.479 e. The Morgan fingerprint density at radius 2 is 1.96 bits per heavy atom. The number of carbonyl (C=O) groups is 1. The summed E-state index contributed by atoms with van der Waals surface area (Å²) in [5, 5.41) is 2.02. The molecule has 0 unspecified atom stereocenters. The molecule has 0 aliphatic rings. The highest BCUT2D eigenvalue weighted by molar-refractivity contribution is 7.13. The fourth-order valence-electron chi connectivity index (χ4n) is 2.16. The van der Waals surface area contributed by atoms with Crippen molar-refractivity contribution in [3.63, 3.8) is 0 Å². The van der Waals surface area contributed by atoms with Crippen molar-refractivity contribution in [2.45, 2.75) is 13.0 Å². The van der Waals surface area contributed by atoms with E-state index in [0.29, 0.717) is 11.6 Å². The van der Waals surface area contributed by atoms with Gasteiger partial charge in [-0.2, -0.15) is 0 Å². The maximum atomic E-state index is 11.4. The molecule has 122 valence electrons. The summed E-state index contributed by atoms with van der Waals surface area (Å²) < 4.78 is 10.2. The molecule has 5 nitrogen and oxygen atoms in total. The molecule has 3 aromatic rings. The molecule has 24 heavy (non-hydrogen) atoms. The Morgan fingerprint density at radius 3 is 2.62 bits per heavy atom. The Bertz CT molecular complexity index is 817. The van der Waals surface area contributed by atoms with Crippen molar-refractivity contribution in [3.8, 4) is 27.7 Å². The van der Waals surface area contributed by atoms with Crippen LogP contribution in [-0.2, 0) is 9.53 Å². The van der Waals surface area contributed by atoms with Gasteiger partial charge in [-0.15, -0.1) is 11.3 Å². The number of aromatic nitrogens is 2. The van der Waals surface area contributed by atoms with Crippen LogP contribution in [0.15, 0.2) is 54.0 Å². The first kappa shape index (κ1) is 16.1. The van der Waals surface area contributed by atoms with Crippen molar-refractivity contribution in [2.24, 2.45) is 0 Å². The lowest BCUT2D eigenvalue weighted by Gasteiger charge is -2.12. The van der Waals surface area contributed by atoms with Gasteiger partial charge in [0, 0.05) is 11.8 Å². The maximum Gasteiger partial charge on any atom is 0.346 e. The van der Waals surface area contributed by atoms with Crippen LogP contribution in [0.25, 0.3) is 22.0 Å². The Hall–Kier alpha value is -2.73. The van der Waals surface area contributed by atoms with Crippen molar-refractivity contribution in [3.05, 3.63) is 54.0 Å². The number of hydrogen-bond acceptors (Lipinski definition) is 6. The van der Waals surface area contributed by atoms with Gasteiger partial charge in [-0.25, -0.2) is 14.8 Å². The maximum absolute atomic E-state index is 11.4. The number of methoxy groups -OCH3 is 1. The van der Waals surface area contributed by atoms with Gasteiger partial charge in [-0.1, -0.05) is 6.07 Å². The molecule has 0 radical (unpaired) electrons. The average Bonchev–Trinajstić information content (AvgIpc) is 3.16. The molecule has 0 fully saturated rings. The minimum Gasteiger partial charge on any atom is -0.479 e. The van der Waals surface area contributed by atoms with E-state index in [1.807, 2.05) is 35.7 Å². The highest BCUT2D eigenvalue weighted by Gasteiger charge is 2.14. The molecule has 0 N–H and O–H groups in total. The zero-order chi connectivity index (χ0) is 16.9. The van der Waals surface area contributed by atoms with Gasteiger partial charge < -0.3 is 9.47 Å². The van der Waals surface area contributed by atoms with E-state index in [9.17, 15) is 4.79 Å². The molecular formula is C18H16N2O3S. The van der Waals surface area contributed by atoms with Crippen molar-refractivity contribution in [2.75, 3.05) is 7.11 Å². The lowest BCUT2D eigenvalue weighted by molar-refractivity contribution is -0.147. The lowest BCUT2D eigenvalue weighted by atomic mass is 10.2. The summed E-state index contributed by atoms with van der Waals surface area (Å²) in [6.07, 6.45) is 1.10. The summed E-state index contributed by atoms with van der Waals surface area (Å²) in [4.78, 5) is 21.4. The van der Waals surface area contributed by atoms with E-state index in [-0.39, 0.29) is 0 Å². The number of carbonyl (C=O) groups excluding carboxylic acids is 1. The van der Waals surface area contributed by atoms with Gasteiger partial charge >= 0.3 is 5.97 Å². The third-order valence-electron chi connectivity index (χ3n) is 3.39. The van der Waals surface area contributed by atoms with E-state index >= 15 is 0 Å². The summed E-state index contributed by atoms with van der Waals surface area (Å²) >= 11 is 1.64. The molecule has 0 aliphatic heterocycles. The van der Waals surface area contributed by atoms with E-state index < -0.39 is 12.1 Å². The Morgan fingerprint density at radius 1 is 1.17 bits per heavy atom. The van der Waals surface area contributed by atoms with Gasteiger partial charge in [0.15, 0.2) is 11.9 Å². The molecule has 0 saturated heterocycles. The van der Waals surface area contributed by atoms with Crippen molar-refractivity contribution < 1.29 is 14.3 Å². The number of rotatable bonds is 5. The molecule has 2 heterocycles. The quantitative estimate of drug-likeness (QED) is 0.661. The second kappa shape index (κ2) is 7.23. The molecule has 0 bridgehead atoms. The van der Waals surface area contributed by atoms with E-state index in [1.165, 1.54) is 7.11 Å².